The summed E-state index contributed by atoms with van der Waals surface area (Å²) in [4.78, 5) is 28.3. The minimum Gasteiger partial charge on any atom is -0.487 e. The average Bonchev–Trinajstić information content (AvgIpc) is 2.68. The fourth-order valence-corrected chi connectivity index (χ4v) is 2.28. The van der Waals surface area contributed by atoms with Crippen LogP contribution in [0.3, 0.4) is 0 Å². The Labute approximate surface area is 164 Å². The molecule has 2 rings (SSSR count). The van der Waals surface area contributed by atoms with E-state index in [1.54, 1.807) is 26.0 Å². The van der Waals surface area contributed by atoms with Gasteiger partial charge in [0.2, 0.25) is 0 Å². The molecule has 0 amide bonds. The van der Waals surface area contributed by atoms with E-state index in [1.165, 1.54) is 6.20 Å². The van der Waals surface area contributed by atoms with Crippen LogP contribution in [0.5, 0.6) is 5.75 Å². The first-order chi connectivity index (χ1) is 13.5. The van der Waals surface area contributed by atoms with Crippen molar-refractivity contribution in [2.45, 2.75) is 27.4 Å². The molecule has 0 bridgehead atoms. The van der Waals surface area contributed by atoms with Gasteiger partial charge in [-0.05, 0) is 38.5 Å². The van der Waals surface area contributed by atoms with E-state index >= 15 is 0 Å². The van der Waals surface area contributed by atoms with Crippen LogP contribution in [0, 0.1) is 6.92 Å². The zero-order valence-electron chi connectivity index (χ0n) is 16.2. The van der Waals surface area contributed by atoms with Gasteiger partial charge in [-0.15, -0.1) is 0 Å². The minimum absolute atomic E-state index is 0.153. The molecule has 0 aliphatic heterocycles. The third-order valence-corrected chi connectivity index (χ3v) is 3.63. The Bertz CT molecular complexity index is 814. The van der Waals surface area contributed by atoms with Gasteiger partial charge >= 0.3 is 11.9 Å². The zero-order chi connectivity index (χ0) is 20.4. The molecule has 1 N–H and O–H groups in total. The molecule has 28 heavy (non-hydrogen) atoms. The monoisotopic (exact) mass is 384 g/mol. The number of esters is 2. The third-order valence-electron chi connectivity index (χ3n) is 3.63. The highest BCUT2D eigenvalue weighted by Crippen LogP contribution is 2.20. The molecule has 7 heteroatoms. The van der Waals surface area contributed by atoms with Crippen molar-refractivity contribution in [1.82, 2.24) is 4.98 Å². The highest BCUT2D eigenvalue weighted by Gasteiger charge is 2.21. The lowest BCUT2D eigenvalue weighted by Crippen LogP contribution is -2.19. The molecule has 7 nitrogen and oxygen atoms in total. The second kappa shape index (κ2) is 10.7. The normalized spacial score (nSPS) is 9.96. The summed E-state index contributed by atoms with van der Waals surface area (Å²) in [6, 6.07) is 13.3. The summed E-state index contributed by atoms with van der Waals surface area (Å²) in [6.07, 6.45) is 1.24. The molecule has 0 spiro atoms. The SMILES string of the molecule is CCOC(=O)C(=CNc1ccc(OCc2ccccc2)c(C)n1)C(=O)OCC. The quantitative estimate of drug-likeness (QED) is 0.307. The molecule has 1 aromatic heterocycles. The number of carbonyl (C=O) groups is 2. The maximum atomic E-state index is 11.9. The number of aryl methyl sites for hydroxylation is 1. The lowest BCUT2D eigenvalue weighted by molar-refractivity contribution is -0.146. The summed E-state index contributed by atoms with van der Waals surface area (Å²) in [7, 11) is 0. The van der Waals surface area contributed by atoms with E-state index in [0.717, 1.165) is 5.56 Å². The molecule has 1 aromatic carbocycles. The Morgan fingerprint density at radius 3 is 2.21 bits per heavy atom. The molecule has 0 saturated heterocycles. The number of aromatic nitrogens is 1. The highest BCUT2D eigenvalue weighted by molar-refractivity contribution is 6.14. The van der Waals surface area contributed by atoms with Crippen LogP contribution in [0.15, 0.2) is 54.2 Å². The van der Waals surface area contributed by atoms with Gasteiger partial charge in [0.05, 0.1) is 18.9 Å². The van der Waals surface area contributed by atoms with Gasteiger partial charge in [-0.25, -0.2) is 14.6 Å². The van der Waals surface area contributed by atoms with Crippen LogP contribution in [0.2, 0.25) is 0 Å². The van der Waals surface area contributed by atoms with Gasteiger partial charge in [0.25, 0.3) is 0 Å². The standard InChI is InChI=1S/C21H24N2O5/c1-4-26-20(24)17(21(25)27-5-2)13-22-19-12-11-18(15(3)23-19)28-14-16-9-7-6-8-10-16/h6-13H,4-5,14H2,1-3H3,(H,22,23). The fraction of sp³-hybridized carbons (Fsp3) is 0.286. The molecule has 0 atom stereocenters. The highest BCUT2D eigenvalue weighted by atomic mass is 16.6. The summed E-state index contributed by atoms with van der Waals surface area (Å²) in [6.45, 7) is 5.87. The zero-order valence-corrected chi connectivity index (χ0v) is 16.2. The lowest BCUT2D eigenvalue weighted by Gasteiger charge is -2.11. The van der Waals surface area contributed by atoms with E-state index in [9.17, 15) is 9.59 Å². The number of ether oxygens (including phenoxy) is 3. The van der Waals surface area contributed by atoms with Gasteiger partial charge in [0.1, 0.15) is 18.2 Å². The molecule has 0 unspecified atom stereocenters. The third kappa shape index (κ3) is 6.12. The van der Waals surface area contributed by atoms with Gasteiger partial charge in [0.15, 0.2) is 5.57 Å². The molecular formula is C21H24N2O5. The van der Waals surface area contributed by atoms with Crippen molar-refractivity contribution in [1.29, 1.82) is 0 Å². The second-order valence-corrected chi connectivity index (χ2v) is 5.70. The summed E-state index contributed by atoms with van der Waals surface area (Å²) in [5, 5.41) is 2.83. The van der Waals surface area contributed by atoms with Gasteiger partial charge < -0.3 is 19.5 Å². The van der Waals surface area contributed by atoms with Crippen molar-refractivity contribution >= 4 is 17.8 Å². The number of hydrogen-bond donors (Lipinski definition) is 1. The first kappa shape index (κ1) is 21.0. The first-order valence-corrected chi connectivity index (χ1v) is 9.00. The summed E-state index contributed by atoms with van der Waals surface area (Å²) in [5.41, 5.74) is 1.50. The van der Waals surface area contributed by atoms with Crippen LogP contribution in [-0.4, -0.2) is 30.1 Å². The lowest BCUT2D eigenvalue weighted by atomic mass is 10.2. The Morgan fingerprint density at radius 1 is 1.00 bits per heavy atom. The van der Waals surface area contributed by atoms with Crippen molar-refractivity contribution in [3.05, 3.63) is 65.5 Å². The van der Waals surface area contributed by atoms with Crippen LogP contribution in [-0.2, 0) is 25.7 Å². The van der Waals surface area contributed by atoms with Crippen molar-refractivity contribution < 1.29 is 23.8 Å². The average molecular weight is 384 g/mol. The molecular weight excluding hydrogens is 360 g/mol. The van der Waals surface area contributed by atoms with Crippen molar-refractivity contribution in [3.8, 4) is 5.75 Å². The Hall–Kier alpha value is -3.35. The molecule has 1 heterocycles. The number of rotatable bonds is 9. The van der Waals surface area contributed by atoms with E-state index in [1.807, 2.05) is 37.3 Å². The summed E-state index contributed by atoms with van der Waals surface area (Å²) in [5.74, 6) is -0.411. The van der Waals surface area contributed by atoms with Crippen molar-refractivity contribution in [3.63, 3.8) is 0 Å². The topological polar surface area (TPSA) is 86.8 Å². The number of carbonyl (C=O) groups excluding carboxylic acids is 2. The number of nitrogens with one attached hydrogen (secondary N) is 1. The van der Waals surface area contributed by atoms with E-state index in [2.05, 4.69) is 10.3 Å². The minimum atomic E-state index is -0.756. The molecule has 0 fully saturated rings. The molecule has 0 aliphatic carbocycles. The van der Waals surface area contributed by atoms with E-state index < -0.39 is 11.9 Å². The largest absolute Gasteiger partial charge is 0.487 e. The summed E-state index contributed by atoms with van der Waals surface area (Å²) >= 11 is 0. The molecule has 148 valence electrons. The number of hydrogen-bond acceptors (Lipinski definition) is 7. The van der Waals surface area contributed by atoms with Crippen molar-refractivity contribution in [2.75, 3.05) is 18.5 Å². The summed E-state index contributed by atoms with van der Waals surface area (Å²) < 4.78 is 15.6. The van der Waals surface area contributed by atoms with Crippen LogP contribution in [0.4, 0.5) is 5.82 Å². The maximum Gasteiger partial charge on any atom is 0.347 e. The number of benzene rings is 1. The molecule has 2 aromatic rings. The molecule has 0 saturated carbocycles. The fourth-order valence-electron chi connectivity index (χ4n) is 2.28. The van der Waals surface area contributed by atoms with Gasteiger partial charge in [0, 0.05) is 6.20 Å². The van der Waals surface area contributed by atoms with Crippen LogP contribution < -0.4 is 10.1 Å². The smallest absolute Gasteiger partial charge is 0.347 e. The Morgan fingerprint density at radius 2 is 1.64 bits per heavy atom. The first-order valence-electron chi connectivity index (χ1n) is 9.00. The Kier molecular flexibility index (Phi) is 8.02. The van der Waals surface area contributed by atoms with Gasteiger partial charge in [-0.1, -0.05) is 30.3 Å². The predicted molar refractivity (Wildman–Crippen MR) is 105 cm³/mol. The van der Waals surface area contributed by atoms with Crippen LogP contribution in [0.1, 0.15) is 25.1 Å². The molecule has 0 aliphatic rings. The van der Waals surface area contributed by atoms with E-state index in [-0.39, 0.29) is 18.8 Å². The maximum absolute atomic E-state index is 11.9. The predicted octanol–water partition coefficient (Wildman–Crippen LogP) is 3.39. The van der Waals surface area contributed by atoms with Crippen LogP contribution in [0.25, 0.3) is 0 Å². The Balaban J connectivity index is 2.07. The number of anilines is 1. The van der Waals surface area contributed by atoms with E-state index in [4.69, 9.17) is 14.2 Å². The second-order valence-electron chi connectivity index (χ2n) is 5.70. The number of pyridine rings is 1. The van der Waals surface area contributed by atoms with E-state index in [0.29, 0.717) is 23.9 Å². The van der Waals surface area contributed by atoms with Crippen molar-refractivity contribution in [2.24, 2.45) is 0 Å². The number of nitrogens with zero attached hydrogens (tertiary/aromatic N) is 1. The van der Waals surface area contributed by atoms with Gasteiger partial charge in [-0.2, -0.15) is 0 Å². The van der Waals surface area contributed by atoms with Gasteiger partial charge in [-0.3, -0.25) is 0 Å². The van der Waals surface area contributed by atoms with Crippen LogP contribution >= 0.6 is 0 Å². The molecule has 0 radical (unpaired) electrons.